The Morgan fingerprint density at radius 2 is 2.09 bits per heavy atom. The number of para-hydroxylation sites is 1. The zero-order valence-corrected chi connectivity index (χ0v) is 13.6. The predicted molar refractivity (Wildman–Crippen MR) is 84.3 cm³/mol. The number of fused-ring (bicyclic) bond motifs is 1. The summed E-state index contributed by atoms with van der Waals surface area (Å²) in [6.07, 6.45) is 1.13. The minimum absolute atomic E-state index is 0.0485. The number of aromatic nitrogens is 2. The summed E-state index contributed by atoms with van der Waals surface area (Å²) in [4.78, 5) is 4.05. The van der Waals surface area contributed by atoms with Gasteiger partial charge in [-0.05, 0) is 19.1 Å². The van der Waals surface area contributed by atoms with E-state index in [1.54, 1.807) is 0 Å². The Morgan fingerprint density at radius 3 is 2.83 bits per heavy atom. The maximum atomic E-state index is 11.2. The third kappa shape index (κ3) is 3.96. The summed E-state index contributed by atoms with van der Waals surface area (Å²) >= 11 is 0. The first-order valence-corrected chi connectivity index (χ1v) is 9.18. The summed E-state index contributed by atoms with van der Waals surface area (Å²) in [7, 11) is -3.17. The zero-order chi connectivity index (χ0) is 16.4. The minimum atomic E-state index is -3.17. The van der Waals surface area contributed by atoms with E-state index in [0.29, 0.717) is 12.4 Å². The lowest BCUT2D eigenvalue weighted by atomic mass is 10.2. The van der Waals surface area contributed by atoms with E-state index in [9.17, 15) is 8.42 Å². The largest absolute Gasteiger partial charge is 0.459 e. The van der Waals surface area contributed by atoms with Crippen LogP contribution in [0.25, 0.3) is 11.0 Å². The van der Waals surface area contributed by atoms with Gasteiger partial charge >= 0.3 is 0 Å². The van der Waals surface area contributed by atoms with Crippen molar-refractivity contribution < 1.29 is 17.4 Å². The molecule has 0 aliphatic rings. The summed E-state index contributed by atoms with van der Waals surface area (Å²) in [5.41, 5.74) is 0.837. The van der Waals surface area contributed by atoms with Crippen LogP contribution in [0.5, 0.6) is 0 Å². The van der Waals surface area contributed by atoms with Crippen LogP contribution in [0.4, 0.5) is 0 Å². The van der Waals surface area contributed by atoms with Crippen molar-refractivity contribution in [3.63, 3.8) is 0 Å². The summed E-state index contributed by atoms with van der Waals surface area (Å²) < 4.78 is 33.2. The fourth-order valence-corrected chi connectivity index (χ4v) is 2.80. The van der Waals surface area contributed by atoms with Gasteiger partial charge in [-0.1, -0.05) is 23.4 Å². The lowest BCUT2D eigenvalue weighted by Crippen LogP contribution is -2.17. The number of nitrogens with one attached hydrogen (secondary N) is 1. The molecule has 0 unspecified atom stereocenters. The molecular formula is C15H17N3O4S. The molecule has 122 valence electrons. The molecule has 2 heterocycles. The van der Waals surface area contributed by atoms with Crippen LogP contribution < -0.4 is 5.32 Å². The average molecular weight is 335 g/mol. The van der Waals surface area contributed by atoms with Gasteiger partial charge in [-0.2, -0.15) is 4.98 Å². The summed E-state index contributed by atoms with van der Waals surface area (Å²) in [5, 5.41) is 7.92. The van der Waals surface area contributed by atoms with Crippen molar-refractivity contribution in [1.29, 1.82) is 0 Å². The topological polar surface area (TPSA) is 98.2 Å². The van der Waals surface area contributed by atoms with Gasteiger partial charge in [0.1, 0.15) is 17.1 Å². The van der Waals surface area contributed by atoms with Crippen LogP contribution in [0.1, 0.15) is 30.4 Å². The summed E-state index contributed by atoms with van der Waals surface area (Å²) in [6, 6.07) is 9.73. The number of hydrogen-bond acceptors (Lipinski definition) is 7. The van der Waals surface area contributed by atoms with E-state index in [-0.39, 0.29) is 17.6 Å². The first-order valence-electron chi connectivity index (χ1n) is 7.12. The van der Waals surface area contributed by atoms with Gasteiger partial charge in [0, 0.05) is 11.6 Å². The summed E-state index contributed by atoms with van der Waals surface area (Å²) in [5.74, 6) is 1.09. The van der Waals surface area contributed by atoms with Crippen LogP contribution in [0, 0.1) is 0 Å². The molecule has 0 radical (unpaired) electrons. The van der Waals surface area contributed by atoms with Crippen molar-refractivity contribution in [1.82, 2.24) is 15.5 Å². The Hall–Kier alpha value is -2.19. The normalized spacial score (nSPS) is 13.5. The number of sulfone groups is 1. The molecule has 0 aliphatic carbocycles. The maximum Gasteiger partial charge on any atom is 0.240 e. The van der Waals surface area contributed by atoms with Crippen molar-refractivity contribution in [3.05, 3.63) is 47.8 Å². The van der Waals surface area contributed by atoms with Crippen molar-refractivity contribution in [2.45, 2.75) is 25.3 Å². The van der Waals surface area contributed by atoms with Gasteiger partial charge in [-0.15, -0.1) is 0 Å². The van der Waals surface area contributed by atoms with Crippen molar-refractivity contribution in [2.24, 2.45) is 0 Å². The quantitative estimate of drug-likeness (QED) is 0.737. The molecule has 0 bridgehead atoms. The molecule has 1 aromatic carbocycles. The van der Waals surface area contributed by atoms with Crippen molar-refractivity contribution in [3.8, 4) is 0 Å². The highest BCUT2D eigenvalue weighted by Crippen LogP contribution is 2.23. The highest BCUT2D eigenvalue weighted by atomic mass is 32.2. The third-order valence-electron chi connectivity index (χ3n) is 3.33. The standard InChI is InChI=1S/C15H17N3O4S/c1-10(13-7-11-5-3-4-6-12(11)21-13)16-8-15-17-14(18-22-15)9-23(2,19)20/h3-7,10,16H,8-9H2,1-2H3/t10-/m1/s1. The Balaban J connectivity index is 1.63. The lowest BCUT2D eigenvalue weighted by Gasteiger charge is -2.08. The molecular weight excluding hydrogens is 318 g/mol. The molecule has 0 saturated heterocycles. The highest BCUT2D eigenvalue weighted by Gasteiger charge is 2.15. The van der Waals surface area contributed by atoms with Gasteiger partial charge in [0.15, 0.2) is 15.7 Å². The molecule has 0 fully saturated rings. The molecule has 0 spiro atoms. The van der Waals surface area contributed by atoms with E-state index in [4.69, 9.17) is 8.94 Å². The van der Waals surface area contributed by atoms with Crippen LogP contribution in [0.3, 0.4) is 0 Å². The average Bonchev–Trinajstić information content (AvgIpc) is 3.09. The zero-order valence-electron chi connectivity index (χ0n) is 12.8. The van der Waals surface area contributed by atoms with Gasteiger partial charge < -0.3 is 8.94 Å². The summed E-state index contributed by atoms with van der Waals surface area (Å²) in [6.45, 7) is 2.29. The Morgan fingerprint density at radius 1 is 1.30 bits per heavy atom. The van der Waals surface area contributed by atoms with Gasteiger partial charge in [0.25, 0.3) is 0 Å². The molecule has 2 aromatic heterocycles. The van der Waals surface area contributed by atoms with Gasteiger partial charge in [0.2, 0.25) is 5.89 Å². The van der Waals surface area contributed by atoms with Gasteiger partial charge in [-0.25, -0.2) is 8.42 Å². The molecule has 8 heteroatoms. The molecule has 0 aliphatic heterocycles. The monoisotopic (exact) mass is 335 g/mol. The van der Waals surface area contributed by atoms with Gasteiger partial charge in [0.05, 0.1) is 12.6 Å². The van der Waals surface area contributed by atoms with E-state index < -0.39 is 9.84 Å². The fraction of sp³-hybridized carbons (Fsp3) is 0.333. The second-order valence-corrected chi connectivity index (χ2v) is 7.60. The number of furan rings is 1. The van der Waals surface area contributed by atoms with E-state index in [2.05, 4.69) is 15.5 Å². The number of rotatable bonds is 6. The molecule has 3 rings (SSSR count). The van der Waals surface area contributed by atoms with Crippen LogP contribution in [-0.4, -0.2) is 24.8 Å². The molecule has 23 heavy (non-hydrogen) atoms. The van der Waals surface area contributed by atoms with Crippen LogP contribution >= 0.6 is 0 Å². The van der Waals surface area contributed by atoms with Gasteiger partial charge in [-0.3, -0.25) is 5.32 Å². The Labute approximate surface area is 133 Å². The van der Waals surface area contributed by atoms with E-state index in [1.807, 2.05) is 37.3 Å². The van der Waals surface area contributed by atoms with Crippen molar-refractivity contribution >= 4 is 20.8 Å². The van der Waals surface area contributed by atoms with Crippen LogP contribution in [-0.2, 0) is 22.1 Å². The van der Waals surface area contributed by atoms with E-state index >= 15 is 0 Å². The fourth-order valence-electron chi connectivity index (χ4n) is 2.21. The molecule has 1 N–H and O–H groups in total. The Kier molecular flexibility index (Phi) is 4.18. The number of hydrogen-bond donors (Lipinski definition) is 1. The van der Waals surface area contributed by atoms with E-state index in [0.717, 1.165) is 23.0 Å². The molecule has 0 saturated carbocycles. The smallest absolute Gasteiger partial charge is 0.240 e. The van der Waals surface area contributed by atoms with Crippen LogP contribution in [0.15, 0.2) is 39.3 Å². The SMILES string of the molecule is C[C@@H](NCc1nc(CS(C)(=O)=O)no1)c1cc2ccccc2o1. The molecule has 3 aromatic rings. The predicted octanol–water partition coefficient (Wildman–Crippen LogP) is 2.21. The minimum Gasteiger partial charge on any atom is -0.459 e. The van der Waals surface area contributed by atoms with Crippen LogP contribution in [0.2, 0.25) is 0 Å². The first kappa shape index (κ1) is 15.7. The molecule has 1 atom stereocenters. The highest BCUT2D eigenvalue weighted by molar-refractivity contribution is 7.89. The van der Waals surface area contributed by atoms with Crippen molar-refractivity contribution in [2.75, 3.05) is 6.26 Å². The maximum absolute atomic E-state index is 11.2. The lowest BCUT2D eigenvalue weighted by molar-refractivity contribution is 0.349. The van der Waals surface area contributed by atoms with E-state index in [1.165, 1.54) is 0 Å². The Bertz CT molecular complexity index is 881. The second kappa shape index (κ2) is 6.13. The second-order valence-electron chi connectivity index (χ2n) is 5.46. The molecule has 0 amide bonds. The molecule has 7 nitrogen and oxygen atoms in total. The number of nitrogens with zero attached hydrogens (tertiary/aromatic N) is 2. The third-order valence-corrected chi connectivity index (χ3v) is 4.11. The number of benzene rings is 1. The first-order chi connectivity index (χ1) is 10.9.